The fourth-order valence-corrected chi connectivity index (χ4v) is 2.88. The highest BCUT2D eigenvalue weighted by molar-refractivity contribution is 5.96. The van der Waals surface area contributed by atoms with Crippen LogP contribution in [0.25, 0.3) is 0 Å². The van der Waals surface area contributed by atoms with Gasteiger partial charge in [-0.05, 0) is 25.0 Å². The minimum absolute atomic E-state index is 0.00217. The number of nitrogens with zero attached hydrogens (tertiary/aromatic N) is 1. The molecule has 1 aromatic rings. The number of hydrogen-bond donors (Lipinski definition) is 1. The Balaban J connectivity index is 2.32. The number of carbonyl (C=O) groups is 1. The van der Waals surface area contributed by atoms with Gasteiger partial charge in [-0.2, -0.15) is 13.2 Å². The first-order valence-electron chi connectivity index (χ1n) is 7.12. The van der Waals surface area contributed by atoms with Crippen LogP contribution in [0, 0.1) is 0 Å². The van der Waals surface area contributed by atoms with E-state index in [0.29, 0.717) is 0 Å². The molecule has 1 aliphatic carbocycles. The van der Waals surface area contributed by atoms with Gasteiger partial charge in [0.1, 0.15) is 0 Å². The van der Waals surface area contributed by atoms with Crippen LogP contribution in [0.2, 0.25) is 0 Å². The Labute approximate surface area is 121 Å². The van der Waals surface area contributed by atoms with Gasteiger partial charge in [0.2, 0.25) is 0 Å². The lowest BCUT2D eigenvalue weighted by atomic mass is 10.0. The highest BCUT2D eigenvalue weighted by atomic mass is 19.4. The topological polar surface area (TPSA) is 46.3 Å². The Bertz CT molecular complexity index is 496. The van der Waals surface area contributed by atoms with Crippen LogP contribution < -0.4 is 5.73 Å². The lowest BCUT2D eigenvalue weighted by Crippen LogP contribution is -2.42. The maximum Gasteiger partial charge on any atom is 0.417 e. The second kappa shape index (κ2) is 6.47. The first-order valence-corrected chi connectivity index (χ1v) is 7.12. The molecule has 3 nitrogen and oxygen atoms in total. The average Bonchev–Trinajstić information content (AvgIpc) is 2.97. The van der Waals surface area contributed by atoms with Crippen molar-refractivity contribution in [3.8, 4) is 0 Å². The summed E-state index contributed by atoms with van der Waals surface area (Å²) in [4.78, 5) is 14.1. The predicted octanol–water partition coefficient (Wildman–Crippen LogP) is 3.05. The van der Waals surface area contributed by atoms with Crippen LogP contribution in [0.1, 0.15) is 41.6 Å². The largest absolute Gasteiger partial charge is 0.417 e. The van der Waals surface area contributed by atoms with Crippen LogP contribution in [0.15, 0.2) is 24.3 Å². The van der Waals surface area contributed by atoms with E-state index in [1.54, 1.807) is 0 Å². The summed E-state index contributed by atoms with van der Waals surface area (Å²) >= 11 is 0. The van der Waals surface area contributed by atoms with Crippen LogP contribution in [0.4, 0.5) is 13.2 Å². The molecule has 6 heteroatoms. The maximum atomic E-state index is 13.0. The molecule has 0 bridgehead atoms. The van der Waals surface area contributed by atoms with E-state index in [9.17, 15) is 18.0 Å². The van der Waals surface area contributed by atoms with E-state index in [1.807, 2.05) is 0 Å². The molecule has 1 saturated carbocycles. The summed E-state index contributed by atoms with van der Waals surface area (Å²) in [5.41, 5.74) is 4.35. The van der Waals surface area contributed by atoms with E-state index in [2.05, 4.69) is 0 Å². The zero-order valence-corrected chi connectivity index (χ0v) is 11.7. The summed E-state index contributed by atoms with van der Waals surface area (Å²) in [6.07, 6.45) is -0.865. The molecule has 1 aromatic carbocycles. The molecule has 116 valence electrons. The van der Waals surface area contributed by atoms with Crippen LogP contribution >= 0.6 is 0 Å². The van der Waals surface area contributed by atoms with Gasteiger partial charge in [-0.1, -0.05) is 25.0 Å². The van der Waals surface area contributed by atoms with Crippen molar-refractivity contribution >= 4 is 5.91 Å². The third-order valence-corrected chi connectivity index (χ3v) is 3.86. The Morgan fingerprint density at radius 3 is 2.43 bits per heavy atom. The first kappa shape index (κ1) is 15.8. The third-order valence-electron chi connectivity index (χ3n) is 3.86. The molecule has 0 aromatic heterocycles. The molecule has 1 amide bonds. The Kier molecular flexibility index (Phi) is 4.88. The molecule has 1 aliphatic rings. The van der Waals surface area contributed by atoms with Crippen molar-refractivity contribution in [2.75, 3.05) is 13.1 Å². The number of rotatable bonds is 4. The van der Waals surface area contributed by atoms with Crippen molar-refractivity contribution in [3.63, 3.8) is 0 Å². The number of amides is 1. The van der Waals surface area contributed by atoms with E-state index in [0.717, 1.165) is 31.7 Å². The van der Waals surface area contributed by atoms with Gasteiger partial charge in [-0.25, -0.2) is 0 Å². The standard InChI is InChI=1S/C15H19F3N2O/c16-15(17,18)13-8-4-3-7-12(13)14(21)20(10-9-19)11-5-1-2-6-11/h3-4,7-8,11H,1-2,5-6,9-10,19H2. The van der Waals surface area contributed by atoms with Gasteiger partial charge in [0.15, 0.2) is 0 Å². The second-order valence-electron chi connectivity index (χ2n) is 5.27. The second-order valence-corrected chi connectivity index (χ2v) is 5.27. The van der Waals surface area contributed by atoms with Gasteiger partial charge in [0.25, 0.3) is 5.91 Å². The molecule has 0 atom stereocenters. The Morgan fingerprint density at radius 1 is 1.24 bits per heavy atom. The fraction of sp³-hybridized carbons (Fsp3) is 0.533. The molecule has 0 saturated heterocycles. The van der Waals surface area contributed by atoms with Gasteiger partial charge in [-0.3, -0.25) is 4.79 Å². The molecule has 2 N–H and O–H groups in total. The normalized spacial score (nSPS) is 16.2. The maximum absolute atomic E-state index is 13.0. The zero-order chi connectivity index (χ0) is 15.5. The summed E-state index contributed by atoms with van der Waals surface area (Å²) in [7, 11) is 0. The molecule has 0 radical (unpaired) electrons. The van der Waals surface area contributed by atoms with Crippen molar-refractivity contribution in [2.24, 2.45) is 5.73 Å². The van der Waals surface area contributed by atoms with Gasteiger partial charge in [0, 0.05) is 19.1 Å². The summed E-state index contributed by atoms with van der Waals surface area (Å²) in [5.74, 6) is -0.569. The van der Waals surface area contributed by atoms with Crippen LogP contribution in [0.5, 0.6) is 0 Å². The third kappa shape index (κ3) is 3.56. The molecular formula is C15H19F3N2O. The number of nitrogens with two attached hydrogens (primary N) is 1. The molecule has 0 heterocycles. The lowest BCUT2D eigenvalue weighted by molar-refractivity contribution is -0.138. The number of alkyl halides is 3. The van der Waals surface area contributed by atoms with Crippen molar-refractivity contribution in [1.29, 1.82) is 0 Å². The lowest BCUT2D eigenvalue weighted by Gasteiger charge is -2.29. The number of hydrogen-bond acceptors (Lipinski definition) is 2. The van der Waals surface area contributed by atoms with Crippen LogP contribution in [-0.2, 0) is 6.18 Å². The summed E-state index contributed by atoms with van der Waals surface area (Å²) in [6, 6.07) is 4.94. The van der Waals surface area contributed by atoms with Crippen LogP contribution in [-0.4, -0.2) is 29.9 Å². The van der Waals surface area contributed by atoms with E-state index in [4.69, 9.17) is 5.73 Å². The van der Waals surface area contributed by atoms with E-state index in [1.165, 1.54) is 23.1 Å². The highest BCUT2D eigenvalue weighted by Gasteiger charge is 2.37. The molecule has 21 heavy (non-hydrogen) atoms. The molecule has 2 rings (SSSR count). The average molecular weight is 300 g/mol. The summed E-state index contributed by atoms with van der Waals surface area (Å²) in [5, 5.41) is 0. The highest BCUT2D eigenvalue weighted by Crippen LogP contribution is 2.33. The number of benzene rings is 1. The quantitative estimate of drug-likeness (QED) is 0.929. The number of halogens is 3. The molecular weight excluding hydrogens is 281 g/mol. The Morgan fingerprint density at radius 2 is 1.86 bits per heavy atom. The van der Waals surface area contributed by atoms with Gasteiger partial charge >= 0.3 is 6.18 Å². The smallest absolute Gasteiger partial charge is 0.334 e. The zero-order valence-electron chi connectivity index (χ0n) is 11.7. The monoisotopic (exact) mass is 300 g/mol. The minimum atomic E-state index is -4.53. The van der Waals surface area contributed by atoms with Crippen molar-refractivity contribution < 1.29 is 18.0 Å². The molecule has 0 unspecified atom stereocenters. The Hall–Kier alpha value is -1.56. The van der Waals surface area contributed by atoms with Gasteiger partial charge < -0.3 is 10.6 Å². The number of carbonyl (C=O) groups excluding carboxylic acids is 1. The summed E-state index contributed by atoms with van der Waals surface area (Å²) < 4.78 is 39.1. The first-order chi connectivity index (χ1) is 9.95. The summed E-state index contributed by atoms with van der Waals surface area (Å²) in [6.45, 7) is 0.534. The fourth-order valence-electron chi connectivity index (χ4n) is 2.88. The SMILES string of the molecule is NCCN(C(=O)c1ccccc1C(F)(F)F)C1CCCC1. The minimum Gasteiger partial charge on any atom is -0.334 e. The van der Waals surface area contributed by atoms with E-state index < -0.39 is 17.6 Å². The van der Waals surface area contributed by atoms with E-state index in [-0.39, 0.29) is 24.7 Å². The van der Waals surface area contributed by atoms with Gasteiger partial charge in [0.05, 0.1) is 11.1 Å². The van der Waals surface area contributed by atoms with Gasteiger partial charge in [-0.15, -0.1) is 0 Å². The van der Waals surface area contributed by atoms with Crippen molar-refractivity contribution in [3.05, 3.63) is 35.4 Å². The van der Waals surface area contributed by atoms with E-state index >= 15 is 0 Å². The molecule has 0 aliphatic heterocycles. The van der Waals surface area contributed by atoms with Crippen molar-refractivity contribution in [2.45, 2.75) is 37.9 Å². The van der Waals surface area contributed by atoms with Crippen molar-refractivity contribution in [1.82, 2.24) is 4.90 Å². The molecule has 0 spiro atoms. The van der Waals surface area contributed by atoms with Crippen LogP contribution in [0.3, 0.4) is 0 Å². The molecule has 1 fully saturated rings. The predicted molar refractivity (Wildman–Crippen MR) is 73.8 cm³/mol.